The third-order valence-corrected chi connectivity index (χ3v) is 4.13. The highest BCUT2D eigenvalue weighted by molar-refractivity contribution is 7.71. The topological polar surface area (TPSA) is 75.6 Å². The van der Waals surface area contributed by atoms with Crippen molar-refractivity contribution in [3.8, 4) is 0 Å². The van der Waals surface area contributed by atoms with E-state index in [0.29, 0.717) is 22.7 Å². The third-order valence-electron chi connectivity index (χ3n) is 3.79. The molecule has 0 bridgehead atoms. The molecular formula is C15H19N5OS. The molecule has 0 fully saturated rings. The Morgan fingerprint density at radius 3 is 3.09 bits per heavy atom. The Bertz CT molecular complexity index is 748. The van der Waals surface area contributed by atoms with E-state index in [9.17, 15) is 4.79 Å². The number of amides is 1. The van der Waals surface area contributed by atoms with Crippen LogP contribution in [-0.2, 0) is 13.0 Å². The molecule has 7 heteroatoms. The van der Waals surface area contributed by atoms with Crippen LogP contribution in [0.3, 0.4) is 0 Å². The number of carbonyl (C=O) groups excluding carboxylic acids is 1. The number of aromatic nitrogens is 4. The molecule has 6 nitrogen and oxygen atoms in total. The van der Waals surface area contributed by atoms with Crippen LogP contribution in [0.4, 0.5) is 0 Å². The Labute approximate surface area is 134 Å². The molecule has 0 spiro atoms. The highest BCUT2D eigenvalue weighted by Gasteiger charge is 2.24. The molecule has 3 rings (SSSR count). The largest absolute Gasteiger partial charge is 0.352 e. The number of aryl methyl sites for hydroxylation is 1. The first-order valence-corrected chi connectivity index (χ1v) is 7.87. The molecule has 116 valence electrons. The van der Waals surface area contributed by atoms with E-state index in [4.69, 9.17) is 12.2 Å². The smallest absolute Gasteiger partial charge is 0.254 e. The third kappa shape index (κ3) is 2.94. The van der Waals surface area contributed by atoms with Gasteiger partial charge in [0.25, 0.3) is 5.91 Å². The van der Waals surface area contributed by atoms with Crippen LogP contribution in [0, 0.1) is 4.64 Å². The van der Waals surface area contributed by atoms with Crippen molar-refractivity contribution in [1.29, 1.82) is 0 Å². The standard InChI is InChI=1S/C15H19N5OS/c1-9(2)13-18-12-6-5-10(8-20(12)19-13)17-14(21)11-4-3-7-16-15(11)22/h3-4,7,9-10H,5-6,8H2,1-2H3,(H,16,22)(H,17,21). The molecule has 1 unspecified atom stereocenters. The quantitative estimate of drug-likeness (QED) is 0.851. The minimum absolute atomic E-state index is 0.0521. The summed E-state index contributed by atoms with van der Waals surface area (Å²) in [5, 5.41) is 7.57. The van der Waals surface area contributed by atoms with Gasteiger partial charge in [0.2, 0.25) is 0 Å². The molecule has 0 radical (unpaired) electrons. The van der Waals surface area contributed by atoms with E-state index < -0.39 is 0 Å². The lowest BCUT2D eigenvalue weighted by atomic mass is 10.1. The number of pyridine rings is 1. The first-order valence-electron chi connectivity index (χ1n) is 7.47. The van der Waals surface area contributed by atoms with Gasteiger partial charge in [0.15, 0.2) is 5.82 Å². The minimum atomic E-state index is -0.139. The second kappa shape index (κ2) is 6.00. The van der Waals surface area contributed by atoms with Gasteiger partial charge in [0.05, 0.1) is 12.1 Å². The number of H-pyrrole nitrogens is 1. The number of hydrogen-bond donors (Lipinski definition) is 2. The predicted molar refractivity (Wildman–Crippen MR) is 85.3 cm³/mol. The van der Waals surface area contributed by atoms with Crippen LogP contribution in [0.5, 0.6) is 0 Å². The maximum absolute atomic E-state index is 12.3. The van der Waals surface area contributed by atoms with Crippen molar-refractivity contribution in [2.24, 2.45) is 0 Å². The normalized spacial score (nSPS) is 17.3. The first-order chi connectivity index (χ1) is 10.5. The first kappa shape index (κ1) is 14.9. The van der Waals surface area contributed by atoms with Crippen molar-refractivity contribution in [2.75, 3.05) is 0 Å². The average molecular weight is 317 g/mol. The fourth-order valence-electron chi connectivity index (χ4n) is 2.55. The molecule has 2 aromatic heterocycles. The van der Waals surface area contributed by atoms with Gasteiger partial charge in [-0.15, -0.1) is 0 Å². The predicted octanol–water partition coefficient (Wildman–Crippen LogP) is 2.20. The Hall–Kier alpha value is -2.02. The van der Waals surface area contributed by atoms with Crippen molar-refractivity contribution in [3.05, 3.63) is 40.2 Å². The average Bonchev–Trinajstić information content (AvgIpc) is 2.91. The van der Waals surface area contributed by atoms with Gasteiger partial charge < -0.3 is 10.3 Å². The molecule has 0 aromatic carbocycles. The van der Waals surface area contributed by atoms with Crippen molar-refractivity contribution in [1.82, 2.24) is 25.1 Å². The molecular weight excluding hydrogens is 298 g/mol. The van der Waals surface area contributed by atoms with E-state index in [1.807, 2.05) is 4.68 Å². The van der Waals surface area contributed by atoms with Crippen molar-refractivity contribution < 1.29 is 4.79 Å². The molecule has 22 heavy (non-hydrogen) atoms. The molecule has 0 saturated heterocycles. The Balaban J connectivity index is 1.71. The summed E-state index contributed by atoms with van der Waals surface area (Å²) in [5.41, 5.74) is 0.504. The fourth-order valence-corrected chi connectivity index (χ4v) is 2.78. The maximum Gasteiger partial charge on any atom is 0.254 e. The molecule has 0 aliphatic carbocycles. The zero-order valence-corrected chi connectivity index (χ0v) is 13.5. The number of nitrogens with zero attached hydrogens (tertiary/aromatic N) is 3. The van der Waals surface area contributed by atoms with Crippen LogP contribution in [0.25, 0.3) is 0 Å². The summed E-state index contributed by atoms with van der Waals surface area (Å²) in [4.78, 5) is 19.7. The SMILES string of the molecule is CC(C)c1nc2n(n1)CC(NC(=O)c1ccc[nH]c1=S)CC2. The van der Waals surface area contributed by atoms with E-state index in [2.05, 4.69) is 34.2 Å². The number of rotatable bonds is 3. The van der Waals surface area contributed by atoms with E-state index >= 15 is 0 Å². The van der Waals surface area contributed by atoms with E-state index in [-0.39, 0.29) is 11.9 Å². The summed E-state index contributed by atoms with van der Waals surface area (Å²) in [6.45, 7) is 4.82. The zero-order chi connectivity index (χ0) is 15.7. The number of aromatic amines is 1. The second-order valence-corrected chi connectivity index (χ2v) is 6.25. The van der Waals surface area contributed by atoms with Crippen molar-refractivity contribution >= 4 is 18.1 Å². The molecule has 2 N–H and O–H groups in total. The zero-order valence-electron chi connectivity index (χ0n) is 12.7. The monoisotopic (exact) mass is 317 g/mol. The molecule has 3 heterocycles. The highest BCUT2D eigenvalue weighted by Crippen LogP contribution is 2.17. The summed E-state index contributed by atoms with van der Waals surface area (Å²) in [6, 6.07) is 3.56. The van der Waals surface area contributed by atoms with E-state index in [1.165, 1.54) is 0 Å². The summed E-state index contributed by atoms with van der Waals surface area (Å²) in [6.07, 6.45) is 3.41. The van der Waals surface area contributed by atoms with Gasteiger partial charge in [-0.25, -0.2) is 9.67 Å². The van der Waals surface area contributed by atoms with Gasteiger partial charge in [0.1, 0.15) is 10.5 Å². The molecule has 1 aliphatic heterocycles. The second-order valence-electron chi connectivity index (χ2n) is 5.85. The maximum atomic E-state index is 12.3. The van der Waals surface area contributed by atoms with Gasteiger partial charge in [-0.3, -0.25) is 4.79 Å². The fraction of sp³-hybridized carbons (Fsp3) is 0.467. The Morgan fingerprint density at radius 1 is 1.55 bits per heavy atom. The van der Waals surface area contributed by atoms with Crippen molar-refractivity contribution in [2.45, 2.75) is 45.2 Å². The molecule has 0 saturated carbocycles. The molecule has 2 aromatic rings. The van der Waals surface area contributed by atoms with Crippen LogP contribution < -0.4 is 5.32 Å². The van der Waals surface area contributed by atoms with Gasteiger partial charge in [-0.05, 0) is 18.6 Å². The van der Waals surface area contributed by atoms with Crippen LogP contribution in [0.1, 0.15) is 48.2 Å². The lowest BCUT2D eigenvalue weighted by Gasteiger charge is -2.23. The summed E-state index contributed by atoms with van der Waals surface area (Å²) < 4.78 is 2.37. The van der Waals surface area contributed by atoms with Crippen LogP contribution in [0.15, 0.2) is 18.3 Å². The number of hydrogen-bond acceptors (Lipinski definition) is 4. The minimum Gasteiger partial charge on any atom is -0.352 e. The van der Waals surface area contributed by atoms with Crippen LogP contribution in [0.2, 0.25) is 0 Å². The number of nitrogens with one attached hydrogen (secondary N) is 2. The molecule has 1 atom stereocenters. The Kier molecular flexibility index (Phi) is 4.06. The van der Waals surface area contributed by atoms with E-state index in [1.54, 1.807) is 18.3 Å². The van der Waals surface area contributed by atoms with Gasteiger partial charge in [-0.1, -0.05) is 26.1 Å². The van der Waals surface area contributed by atoms with Gasteiger partial charge in [-0.2, -0.15) is 5.10 Å². The summed E-state index contributed by atoms with van der Waals surface area (Å²) in [5.74, 6) is 2.05. The van der Waals surface area contributed by atoms with Crippen LogP contribution >= 0.6 is 12.2 Å². The number of fused-ring (bicyclic) bond motifs is 1. The molecule has 1 aliphatic rings. The lowest BCUT2D eigenvalue weighted by molar-refractivity contribution is 0.0925. The van der Waals surface area contributed by atoms with E-state index in [0.717, 1.165) is 24.5 Å². The van der Waals surface area contributed by atoms with Crippen molar-refractivity contribution in [3.63, 3.8) is 0 Å². The van der Waals surface area contributed by atoms with Gasteiger partial charge in [0, 0.05) is 24.6 Å². The summed E-state index contributed by atoms with van der Waals surface area (Å²) in [7, 11) is 0. The Morgan fingerprint density at radius 2 is 2.36 bits per heavy atom. The lowest BCUT2D eigenvalue weighted by Crippen LogP contribution is -2.41. The van der Waals surface area contributed by atoms with Gasteiger partial charge >= 0.3 is 0 Å². The summed E-state index contributed by atoms with van der Waals surface area (Å²) >= 11 is 5.15. The number of carbonyl (C=O) groups is 1. The molecule has 1 amide bonds. The van der Waals surface area contributed by atoms with Crippen LogP contribution in [-0.4, -0.2) is 31.7 Å². The highest BCUT2D eigenvalue weighted by atomic mass is 32.1.